The Morgan fingerprint density at radius 3 is 3.07 bits per heavy atom. The van der Waals surface area contributed by atoms with Gasteiger partial charge in [-0.15, -0.1) is 11.3 Å². The number of carbonyl (C=O) groups excluding carboxylic acids is 1. The van der Waals surface area contributed by atoms with Crippen molar-refractivity contribution in [1.82, 2.24) is 9.78 Å². The van der Waals surface area contributed by atoms with Gasteiger partial charge < -0.3 is 0 Å². The summed E-state index contributed by atoms with van der Waals surface area (Å²) in [6.45, 7) is 2.32. The normalized spacial score (nSPS) is 10.4. The Bertz CT molecular complexity index is 431. The van der Waals surface area contributed by atoms with Gasteiger partial charge >= 0.3 is 0 Å². The van der Waals surface area contributed by atoms with Crippen molar-refractivity contribution in [3.8, 4) is 0 Å². The van der Waals surface area contributed by atoms with Crippen molar-refractivity contribution in [3.63, 3.8) is 0 Å². The highest BCUT2D eigenvalue weighted by molar-refractivity contribution is 7.10. The van der Waals surface area contributed by atoms with Crippen LogP contribution in [0.15, 0.2) is 29.9 Å². The van der Waals surface area contributed by atoms with Gasteiger partial charge in [0.05, 0.1) is 0 Å². The third kappa shape index (κ3) is 1.90. The van der Waals surface area contributed by atoms with Crippen LogP contribution in [0.4, 0.5) is 0 Å². The zero-order chi connectivity index (χ0) is 9.97. The van der Waals surface area contributed by atoms with E-state index in [-0.39, 0.29) is 5.78 Å². The topological polar surface area (TPSA) is 34.9 Å². The smallest absolute Gasteiger partial charge is 0.185 e. The summed E-state index contributed by atoms with van der Waals surface area (Å²) in [6, 6.07) is 3.72. The molecule has 2 rings (SSSR count). The molecule has 2 aromatic rings. The number of Topliss-reactive ketones (excluding diaryl/α,β-unsaturated/α-hetero) is 1. The summed E-state index contributed by atoms with van der Waals surface area (Å²) in [5.74, 6) is 0.109. The minimum Gasteiger partial charge on any atom is -0.292 e. The number of hydrogen-bond acceptors (Lipinski definition) is 3. The van der Waals surface area contributed by atoms with Gasteiger partial charge in [-0.05, 0) is 19.1 Å². The first-order chi connectivity index (χ1) is 6.75. The predicted molar refractivity (Wildman–Crippen MR) is 55.6 cm³/mol. The fourth-order valence-electron chi connectivity index (χ4n) is 1.22. The van der Waals surface area contributed by atoms with E-state index in [1.807, 2.05) is 24.4 Å². The largest absolute Gasteiger partial charge is 0.292 e. The van der Waals surface area contributed by atoms with Crippen LogP contribution < -0.4 is 0 Å². The molecule has 0 amide bonds. The fraction of sp³-hybridized carbons (Fsp3) is 0.200. The Labute approximate surface area is 86.0 Å². The van der Waals surface area contributed by atoms with Gasteiger partial charge in [-0.2, -0.15) is 5.10 Å². The highest BCUT2D eigenvalue weighted by Crippen LogP contribution is 2.13. The molecule has 0 aliphatic carbocycles. The molecule has 72 valence electrons. The second-order valence-corrected chi connectivity index (χ2v) is 4.19. The van der Waals surface area contributed by atoms with E-state index in [0.717, 1.165) is 10.4 Å². The predicted octanol–water partition coefficient (Wildman–Crippen LogP) is 2.14. The van der Waals surface area contributed by atoms with Gasteiger partial charge in [-0.1, -0.05) is 0 Å². The van der Waals surface area contributed by atoms with Gasteiger partial charge in [-0.25, -0.2) is 0 Å². The molecule has 0 radical (unpaired) electrons. The molecule has 0 unspecified atom stereocenters. The van der Waals surface area contributed by atoms with Crippen LogP contribution in [0.3, 0.4) is 0 Å². The quantitative estimate of drug-likeness (QED) is 0.721. The van der Waals surface area contributed by atoms with Crippen LogP contribution in [-0.2, 0) is 6.54 Å². The molecule has 0 bridgehead atoms. The van der Waals surface area contributed by atoms with E-state index in [1.54, 1.807) is 28.4 Å². The van der Waals surface area contributed by atoms with Crippen molar-refractivity contribution >= 4 is 17.1 Å². The Morgan fingerprint density at radius 1 is 1.64 bits per heavy atom. The summed E-state index contributed by atoms with van der Waals surface area (Å²) in [7, 11) is 0. The van der Waals surface area contributed by atoms with Crippen molar-refractivity contribution in [3.05, 3.63) is 40.3 Å². The summed E-state index contributed by atoms with van der Waals surface area (Å²) in [6.07, 6.45) is 3.46. The molecule has 0 saturated heterocycles. The number of rotatable bonds is 3. The molecule has 0 aliphatic rings. The van der Waals surface area contributed by atoms with E-state index < -0.39 is 0 Å². The van der Waals surface area contributed by atoms with Crippen LogP contribution in [0, 0.1) is 6.92 Å². The van der Waals surface area contributed by atoms with Crippen molar-refractivity contribution < 1.29 is 4.79 Å². The molecule has 0 spiro atoms. The summed E-state index contributed by atoms with van der Waals surface area (Å²) < 4.78 is 1.63. The first-order valence-corrected chi connectivity index (χ1v) is 5.19. The average molecular weight is 206 g/mol. The lowest BCUT2D eigenvalue weighted by Gasteiger charge is -1.97. The lowest BCUT2D eigenvalue weighted by Crippen LogP contribution is -2.09. The van der Waals surface area contributed by atoms with Crippen LogP contribution in [0.25, 0.3) is 0 Å². The number of nitrogens with zero attached hydrogens (tertiary/aromatic N) is 2. The van der Waals surface area contributed by atoms with E-state index in [2.05, 4.69) is 5.10 Å². The number of ketones is 1. The van der Waals surface area contributed by atoms with Crippen LogP contribution in [0.1, 0.15) is 15.2 Å². The summed E-state index contributed by atoms with van der Waals surface area (Å²) in [5, 5.41) is 5.88. The summed E-state index contributed by atoms with van der Waals surface area (Å²) in [5.41, 5.74) is 0.781. The Morgan fingerprint density at radius 2 is 2.50 bits per heavy atom. The lowest BCUT2D eigenvalue weighted by molar-refractivity contribution is 0.0968. The van der Waals surface area contributed by atoms with E-state index in [0.29, 0.717) is 6.54 Å². The standard InChI is InChI=1S/C10H10N2OS/c1-8-5-9(7-14-8)10(13)6-12-4-2-3-11-12/h2-5,7H,6H2,1H3. The monoisotopic (exact) mass is 206 g/mol. The van der Waals surface area contributed by atoms with Gasteiger partial charge in [0.2, 0.25) is 0 Å². The molecule has 0 atom stereocenters. The Hall–Kier alpha value is -1.42. The first kappa shape index (κ1) is 9.15. The molecule has 0 N–H and O–H groups in total. The van der Waals surface area contributed by atoms with Crippen molar-refractivity contribution in [2.24, 2.45) is 0 Å². The zero-order valence-electron chi connectivity index (χ0n) is 7.80. The lowest BCUT2D eigenvalue weighted by atomic mass is 10.2. The van der Waals surface area contributed by atoms with E-state index in [4.69, 9.17) is 0 Å². The van der Waals surface area contributed by atoms with Crippen LogP contribution >= 0.6 is 11.3 Å². The van der Waals surface area contributed by atoms with E-state index in [9.17, 15) is 4.79 Å². The third-order valence-electron chi connectivity index (χ3n) is 1.92. The van der Waals surface area contributed by atoms with Gasteiger partial charge in [-0.3, -0.25) is 9.48 Å². The van der Waals surface area contributed by atoms with Crippen LogP contribution in [0.2, 0.25) is 0 Å². The second kappa shape index (κ2) is 3.75. The molecule has 3 nitrogen and oxygen atoms in total. The maximum Gasteiger partial charge on any atom is 0.185 e. The van der Waals surface area contributed by atoms with Crippen LogP contribution in [0.5, 0.6) is 0 Å². The Balaban J connectivity index is 2.10. The summed E-state index contributed by atoms with van der Waals surface area (Å²) in [4.78, 5) is 12.8. The van der Waals surface area contributed by atoms with E-state index >= 15 is 0 Å². The molecule has 4 heteroatoms. The number of hydrogen-bond donors (Lipinski definition) is 0. The molecule has 2 aromatic heterocycles. The number of aryl methyl sites for hydroxylation is 1. The third-order valence-corrected chi connectivity index (χ3v) is 2.78. The molecule has 0 aromatic carbocycles. The summed E-state index contributed by atoms with van der Waals surface area (Å²) >= 11 is 1.59. The SMILES string of the molecule is Cc1cc(C(=O)Cn2cccn2)cs1. The molecule has 2 heterocycles. The number of aromatic nitrogens is 2. The molecular formula is C10H10N2OS. The highest BCUT2D eigenvalue weighted by Gasteiger charge is 2.07. The second-order valence-electron chi connectivity index (χ2n) is 3.07. The fourth-order valence-corrected chi connectivity index (χ4v) is 1.93. The minimum atomic E-state index is 0.109. The molecular weight excluding hydrogens is 196 g/mol. The average Bonchev–Trinajstić information content (AvgIpc) is 2.75. The van der Waals surface area contributed by atoms with Crippen molar-refractivity contribution in [2.45, 2.75) is 13.5 Å². The number of thiophene rings is 1. The maximum absolute atomic E-state index is 11.7. The first-order valence-electron chi connectivity index (χ1n) is 4.31. The van der Waals surface area contributed by atoms with Crippen molar-refractivity contribution in [2.75, 3.05) is 0 Å². The molecule has 0 saturated carbocycles. The molecule has 14 heavy (non-hydrogen) atoms. The zero-order valence-corrected chi connectivity index (χ0v) is 8.62. The van der Waals surface area contributed by atoms with Gasteiger partial charge in [0, 0.05) is 28.2 Å². The van der Waals surface area contributed by atoms with E-state index in [1.165, 1.54) is 0 Å². The van der Waals surface area contributed by atoms with Crippen molar-refractivity contribution in [1.29, 1.82) is 0 Å². The van der Waals surface area contributed by atoms with Gasteiger partial charge in [0.25, 0.3) is 0 Å². The van der Waals surface area contributed by atoms with Gasteiger partial charge in [0.15, 0.2) is 5.78 Å². The number of carbonyl (C=O) groups is 1. The Kier molecular flexibility index (Phi) is 2.45. The maximum atomic E-state index is 11.7. The van der Waals surface area contributed by atoms with Gasteiger partial charge in [0.1, 0.15) is 6.54 Å². The van der Waals surface area contributed by atoms with Crippen LogP contribution in [-0.4, -0.2) is 15.6 Å². The molecule has 0 aliphatic heterocycles. The highest BCUT2D eigenvalue weighted by atomic mass is 32.1. The minimum absolute atomic E-state index is 0.109. The molecule has 0 fully saturated rings.